The molecule has 0 saturated carbocycles. The van der Waals surface area contributed by atoms with Crippen molar-refractivity contribution >= 4 is 22.9 Å². The number of aromatic nitrogens is 3. The van der Waals surface area contributed by atoms with E-state index < -0.39 is 0 Å². The zero-order valence-corrected chi connectivity index (χ0v) is 20.4. The SMILES string of the molecule is Cc1[nH]ncc1-c1ccc2c(n1)CC(Nc1cccc(N3CCN(C4CCC=CCC4)CC3)c1)=N2. The van der Waals surface area contributed by atoms with Crippen LogP contribution in [0.3, 0.4) is 0 Å². The second kappa shape index (κ2) is 9.66. The predicted molar refractivity (Wildman–Crippen MR) is 143 cm³/mol. The van der Waals surface area contributed by atoms with Gasteiger partial charge in [-0.2, -0.15) is 5.10 Å². The molecule has 6 rings (SSSR count). The van der Waals surface area contributed by atoms with E-state index in [2.05, 4.69) is 67.8 Å². The number of aryl methyl sites for hydroxylation is 1. The highest BCUT2D eigenvalue weighted by atomic mass is 15.3. The Morgan fingerprint density at radius 3 is 2.60 bits per heavy atom. The first-order chi connectivity index (χ1) is 17.2. The van der Waals surface area contributed by atoms with Gasteiger partial charge in [0.15, 0.2) is 0 Å². The van der Waals surface area contributed by atoms with Crippen LogP contribution in [-0.2, 0) is 6.42 Å². The van der Waals surface area contributed by atoms with E-state index in [4.69, 9.17) is 9.98 Å². The summed E-state index contributed by atoms with van der Waals surface area (Å²) in [5.74, 6) is 0.942. The summed E-state index contributed by atoms with van der Waals surface area (Å²) in [6.07, 6.45) is 12.3. The summed E-state index contributed by atoms with van der Waals surface area (Å²) in [4.78, 5) is 14.9. The maximum Gasteiger partial charge on any atom is 0.113 e. The smallest absolute Gasteiger partial charge is 0.113 e. The van der Waals surface area contributed by atoms with Crippen LogP contribution < -0.4 is 10.2 Å². The van der Waals surface area contributed by atoms with E-state index in [0.29, 0.717) is 6.42 Å². The molecular weight excluding hydrogens is 434 g/mol. The molecule has 0 bridgehead atoms. The fraction of sp³-hybridized carbons (Fsp3) is 0.393. The third-order valence-electron chi connectivity index (χ3n) is 7.48. The van der Waals surface area contributed by atoms with Gasteiger partial charge in [0.25, 0.3) is 0 Å². The van der Waals surface area contributed by atoms with Crippen LogP contribution in [-0.4, -0.2) is 58.1 Å². The summed E-state index contributed by atoms with van der Waals surface area (Å²) in [7, 11) is 0. The van der Waals surface area contributed by atoms with Crippen molar-refractivity contribution < 1.29 is 0 Å². The van der Waals surface area contributed by atoms with Gasteiger partial charge in [0.05, 0.1) is 29.7 Å². The van der Waals surface area contributed by atoms with Crippen molar-refractivity contribution in [2.75, 3.05) is 36.4 Å². The number of nitrogens with one attached hydrogen (secondary N) is 2. The summed E-state index contributed by atoms with van der Waals surface area (Å²) < 4.78 is 0. The van der Waals surface area contributed by atoms with Gasteiger partial charge in [0.2, 0.25) is 0 Å². The predicted octanol–water partition coefficient (Wildman–Crippen LogP) is 5.10. The number of amidine groups is 1. The lowest BCUT2D eigenvalue weighted by Gasteiger charge is -2.40. The highest BCUT2D eigenvalue weighted by molar-refractivity contribution is 6.02. The lowest BCUT2D eigenvalue weighted by atomic mass is 10.1. The zero-order valence-electron chi connectivity index (χ0n) is 20.4. The topological polar surface area (TPSA) is 72.4 Å². The zero-order chi connectivity index (χ0) is 23.6. The number of fused-ring (bicyclic) bond motifs is 1. The van der Waals surface area contributed by atoms with Gasteiger partial charge in [-0.25, -0.2) is 9.98 Å². The molecule has 3 aliphatic rings. The fourth-order valence-electron chi connectivity index (χ4n) is 5.52. The first kappa shape index (κ1) is 22.0. The van der Waals surface area contributed by atoms with Gasteiger partial charge in [-0.05, 0) is 62.9 Å². The van der Waals surface area contributed by atoms with E-state index in [-0.39, 0.29) is 0 Å². The number of piperazine rings is 1. The Labute approximate surface area is 207 Å². The Morgan fingerprint density at radius 1 is 1.00 bits per heavy atom. The lowest BCUT2D eigenvalue weighted by Crippen LogP contribution is -2.50. The normalized spacial score (nSPS) is 18.9. The number of nitrogens with zero attached hydrogens (tertiary/aromatic N) is 5. The molecule has 7 heteroatoms. The molecule has 0 spiro atoms. The third-order valence-corrected chi connectivity index (χ3v) is 7.48. The first-order valence-corrected chi connectivity index (χ1v) is 12.8. The molecule has 2 aromatic heterocycles. The van der Waals surface area contributed by atoms with Crippen molar-refractivity contribution in [3.05, 3.63) is 66.1 Å². The molecule has 0 amide bonds. The molecule has 2 aliphatic heterocycles. The molecule has 2 N–H and O–H groups in total. The quantitative estimate of drug-likeness (QED) is 0.523. The van der Waals surface area contributed by atoms with Crippen LogP contribution in [0, 0.1) is 6.92 Å². The Hall–Kier alpha value is -3.45. The van der Waals surface area contributed by atoms with Crippen molar-refractivity contribution in [3.8, 4) is 11.3 Å². The lowest BCUT2D eigenvalue weighted by molar-refractivity contribution is 0.170. The van der Waals surface area contributed by atoms with Gasteiger partial charge in [0, 0.05) is 54.9 Å². The molecule has 0 atom stereocenters. The van der Waals surface area contributed by atoms with Crippen LogP contribution in [0.2, 0.25) is 0 Å². The van der Waals surface area contributed by atoms with Gasteiger partial charge in [-0.3, -0.25) is 10.00 Å². The summed E-state index contributed by atoms with van der Waals surface area (Å²) in [6.45, 7) is 6.48. The third kappa shape index (κ3) is 4.73. The average molecular weight is 468 g/mol. The van der Waals surface area contributed by atoms with E-state index in [1.807, 2.05) is 19.2 Å². The van der Waals surface area contributed by atoms with Gasteiger partial charge in [-0.15, -0.1) is 0 Å². The van der Waals surface area contributed by atoms with Gasteiger partial charge in [-0.1, -0.05) is 18.2 Å². The number of hydrogen-bond acceptors (Lipinski definition) is 6. The molecule has 35 heavy (non-hydrogen) atoms. The highest BCUT2D eigenvalue weighted by Crippen LogP contribution is 2.30. The number of H-pyrrole nitrogens is 1. The van der Waals surface area contributed by atoms with Crippen LogP contribution in [0.15, 0.2) is 59.7 Å². The first-order valence-electron chi connectivity index (χ1n) is 12.8. The molecule has 1 aromatic carbocycles. The number of pyridine rings is 1. The summed E-state index contributed by atoms with van der Waals surface area (Å²) >= 11 is 0. The van der Waals surface area contributed by atoms with Crippen molar-refractivity contribution in [3.63, 3.8) is 0 Å². The number of hydrogen-bond donors (Lipinski definition) is 2. The molecule has 1 saturated heterocycles. The van der Waals surface area contributed by atoms with Gasteiger partial charge in [0.1, 0.15) is 5.84 Å². The Bertz CT molecular complexity index is 1240. The van der Waals surface area contributed by atoms with E-state index in [0.717, 1.165) is 72.1 Å². The fourth-order valence-corrected chi connectivity index (χ4v) is 5.52. The molecule has 1 fully saturated rings. The number of aliphatic imine (C=N–C) groups is 1. The van der Waals surface area contributed by atoms with Crippen LogP contribution in [0.5, 0.6) is 0 Å². The minimum absolute atomic E-state index is 0.708. The molecule has 0 unspecified atom stereocenters. The van der Waals surface area contributed by atoms with Crippen molar-refractivity contribution in [2.45, 2.75) is 45.1 Å². The Morgan fingerprint density at radius 2 is 1.83 bits per heavy atom. The number of benzene rings is 1. The Balaban J connectivity index is 1.08. The van der Waals surface area contributed by atoms with Gasteiger partial charge < -0.3 is 10.2 Å². The van der Waals surface area contributed by atoms with Crippen LogP contribution in [0.25, 0.3) is 11.3 Å². The molecule has 1 aliphatic carbocycles. The second-order valence-corrected chi connectivity index (χ2v) is 9.78. The molecule has 4 heterocycles. The minimum atomic E-state index is 0.708. The van der Waals surface area contributed by atoms with Crippen LogP contribution >= 0.6 is 0 Å². The van der Waals surface area contributed by atoms with Crippen LogP contribution in [0.4, 0.5) is 17.1 Å². The maximum atomic E-state index is 4.86. The minimum Gasteiger partial charge on any atom is -0.369 e. The van der Waals surface area contributed by atoms with Crippen molar-refractivity contribution in [2.24, 2.45) is 4.99 Å². The van der Waals surface area contributed by atoms with E-state index in [1.54, 1.807) is 0 Å². The van der Waals surface area contributed by atoms with E-state index in [9.17, 15) is 0 Å². The largest absolute Gasteiger partial charge is 0.369 e. The number of aromatic amines is 1. The van der Waals surface area contributed by atoms with Crippen molar-refractivity contribution in [1.82, 2.24) is 20.1 Å². The highest BCUT2D eigenvalue weighted by Gasteiger charge is 2.24. The number of rotatable bonds is 4. The second-order valence-electron chi connectivity index (χ2n) is 9.78. The Kier molecular flexibility index (Phi) is 6.08. The summed E-state index contributed by atoms with van der Waals surface area (Å²) in [5.41, 5.74) is 7.32. The molecule has 180 valence electrons. The molecule has 7 nitrogen and oxygen atoms in total. The maximum absolute atomic E-state index is 4.86. The number of anilines is 2. The van der Waals surface area contributed by atoms with Crippen molar-refractivity contribution in [1.29, 1.82) is 0 Å². The average Bonchev–Trinajstić information content (AvgIpc) is 3.39. The monoisotopic (exact) mass is 467 g/mol. The van der Waals surface area contributed by atoms with Crippen LogP contribution in [0.1, 0.15) is 37.1 Å². The van der Waals surface area contributed by atoms with E-state index >= 15 is 0 Å². The number of allylic oxidation sites excluding steroid dienone is 2. The molecule has 3 aromatic rings. The van der Waals surface area contributed by atoms with Gasteiger partial charge >= 0.3 is 0 Å². The molecular formula is C28H33N7. The van der Waals surface area contributed by atoms with E-state index in [1.165, 1.54) is 31.4 Å². The molecule has 0 radical (unpaired) electrons. The summed E-state index contributed by atoms with van der Waals surface area (Å²) in [6, 6.07) is 13.6. The standard InChI is InChI=1S/C28H33N7/c1-20-24(19-29-33-20)25-11-12-26-27(31-25)18-28(32-26)30-21-7-6-10-23(17-21)35-15-13-34(14-16-35)22-8-4-2-3-5-9-22/h2-3,6-7,10-12,17,19,22H,4-5,8-9,13-16,18H2,1H3,(H,29,33)(H,30,32). The summed E-state index contributed by atoms with van der Waals surface area (Å²) in [5, 5.41) is 10.7.